The molecule has 3 aromatic rings. The molecule has 1 aromatic carbocycles. The molecule has 0 aliphatic heterocycles. The Morgan fingerprint density at radius 2 is 2.00 bits per heavy atom. The maximum atomic E-state index is 12.3. The molecule has 28 heavy (non-hydrogen) atoms. The molecule has 1 N–H and O–H groups in total. The summed E-state index contributed by atoms with van der Waals surface area (Å²) in [5, 5.41) is 6.96. The summed E-state index contributed by atoms with van der Waals surface area (Å²) in [6, 6.07) is 13.3. The van der Waals surface area contributed by atoms with E-state index in [1.807, 2.05) is 49.5 Å². The Labute approximate surface area is 163 Å². The second kappa shape index (κ2) is 8.77. The summed E-state index contributed by atoms with van der Waals surface area (Å²) in [4.78, 5) is 29.8. The zero-order chi connectivity index (χ0) is 19.9. The van der Waals surface area contributed by atoms with E-state index in [0.29, 0.717) is 5.82 Å². The molecule has 0 aliphatic rings. The monoisotopic (exact) mass is 375 g/mol. The van der Waals surface area contributed by atoms with Gasteiger partial charge in [0.2, 0.25) is 11.8 Å². The van der Waals surface area contributed by atoms with Gasteiger partial charge in [0.15, 0.2) is 0 Å². The van der Waals surface area contributed by atoms with Crippen LogP contribution in [-0.2, 0) is 9.59 Å². The van der Waals surface area contributed by atoms with E-state index in [2.05, 4.69) is 15.4 Å². The van der Waals surface area contributed by atoms with E-state index in [-0.39, 0.29) is 18.4 Å². The Bertz CT molecular complexity index is 995. The van der Waals surface area contributed by atoms with Crippen LogP contribution in [-0.4, -0.2) is 45.1 Å². The number of nitrogens with one attached hydrogen (secondary N) is 1. The van der Waals surface area contributed by atoms with Crippen LogP contribution in [0.25, 0.3) is 11.8 Å². The lowest BCUT2D eigenvalue weighted by atomic mass is 10.3. The summed E-state index contributed by atoms with van der Waals surface area (Å²) in [6.07, 6.45) is 8.22. The van der Waals surface area contributed by atoms with Gasteiger partial charge in [0, 0.05) is 31.1 Å². The van der Waals surface area contributed by atoms with Crippen molar-refractivity contribution < 1.29 is 9.59 Å². The van der Waals surface area contributed by atoms with Crippen molar-refractivity contribution >= 4 is 23.7 Å². The summed E-state index contributed by atoms with van der Waals surface area (Å²) in [7, 11) is 1.57. The zero-order valence-corrected chi connectivity index (χ0v) is 15.7. The number of para-hydroxylation sites is 1. The summed E-state index contributed by atoms with van der Waals surface area (Å²) in [6.45, 7) is 1.85. The van der Waals surface area contributed by atoms with Crippen molar-refractivity contribution in [2.75, 3.05) is 18.9 Å². The normalized spacial score (nSPS) is 10.8. The second-order valence-corrected chi connectivity index (χ2v) is 6.35. The maximum absolute atomic E-state index is 12.3. The molecule has 0 aliphatic carbocycles. The molecule has 2 amide bonds. The number of aromatic nitrogens is 3. The third kappa shape index (κ3) is 5.14. The Balaban J connectivity index is 1.55. The average Bonchev–Trinajstić information content (AvgIpc) is 3.15. The molecular formula is C21H21N5O2. The molecular weight excluding hydrogens is 354 g/mol. The number of carbonyl (C=O) groups excluding carboxylic acids is 2. The van der Waals surface area contributed by atoms with Crippen molar-refractivity contribution in [1.29, 1.82) is 0 Å². The number of amides is 2. The van der Waals surface area contributed by atoms with Crippen LogP contribution in [0.4, 0.5) is 5.82 Å². The minimum Gasteiger partial charge on any atom is -0.333 e. The molecule has 7 nitrogen and oxygen atoms in total. The molecule has 2 heterocycles. The zero-order valence-electron chi connectivity index (χ0n) is 15.7. The highest BCUT2D eigenvalue weighted by molar-refractivity contribution is 5.97. The molecule has 0 saturated heterocycles. The fourth-order valence-corrected chi connectivity index (χ4v) is 2.52. The van der Waals surface area contributed by atoms with E-state index in [9.17, 15) is 9.59 Å². The lowest BCUT2D eigenvalue weighted by molar-refractivity contribution is -0.129. The highest BCUT2D eigenvalue weighted by Gasteiger charge is 2.11. The fourth-order valence-electron chi connectivity index (χ4n) is 2.52. The largest absolute Gasteiger partial charge is 0.333 e. The molecule has 7 heteroatoms. The van der Waals surface area contributed by atoms with E-state index in [1.54, 1.807) is 36.3 Å². The van der Waals surface area contributed by atoms with Crippen LogP contribution in [0, 0.1) is 6.92 Å². The van der Waals surface area contributed by atoms with Crippen molar-refractivity contribution in [3.8, 4) is 5.69 Å². The topological polar surface area (TPSA) is 80.1 Å². The van der Waals surface area contributed by atoms with Crippen LogP contribution in [0.3, 0.4) is 0 Å². The smallest absolute Gasteiger partial charge is 0.246 e. The van der Waals surface area contributed by atoms with E-state index in [4.69, 9.17) is 0 Å². The van der Waals surface area contributed by atoms with Gasteiger partial charge in [-0.05, 0) is 42.8 Å². The molecule has 2 aromatic heterocycles. The van der Waals surface area contributed by atoms with Gasteiger partial charge in [0.05, 0.1) is 18.4 Å². The number of benzene rings is 1. The van der Waals surface area contributed by atoms with Crippen LogP contribution in [0.15, 0.2) is 67.1 Å². The Kier molecular flexibility index (Phi) is 5.96. The minimum atomic E-state index is -0.306. The van der Waals surface area contributed by atoms with Crippen LogP contribution < -0.4 is 5.32 Å². The molecule has 142 valence electrons. The number of carbonyl (C=O) groups is 2. The first-order chi connectivity index (χ1) is 13.5. The predicted molar refractivity (Wildman–Crippen MR) is 108 cm³/mol. The van der Waals surface area contributed by atoms with Crippen LogP contribution >= 0.6 is 0 Å². The maximum Gasteiger partial charge on any atom is 0.246 e. The third-order valence-electron chi connectivity index (χ3n) is 3.98. The predicted octanol–water partition coefficient (Wildman–Crippen LogP) is 2.69. The van der Waals surface area contributed by atoms with Gasteiger partial charge in [-0.3, -0.25) is 9.59 Å². The van der Waals surface area contributed by atoms with Gasteiger partial charge in [0.25, 0.3) is 0 Å². The van der Waals surface area contributed by atoms with E-state index < -0.39 is 0 Å². The number of aryl methyl sites for hydroxylation is 1. The standard InChI is InChI=1S/C21H21N5O2/c1-16-10-11-22-19(12-16)24-20(27)15-25(2)21(28)9-8-17-13-23-26(14-17)18-6-4-3-5-7-18/h3-14H,15H2,1-2H3,(H,22,24,27)/b9-8+. The van der Waals surface area contributed by atoms with Crippen molar-refractivity contribution in [3.05, 3.63) is 78.3 Å². The number of pyridine rings is 1. The van der Waals surface area contributed by atoms with Gasteiger partial charge in [0.1, 0.15) is 5.82 Å². The fraction of sp³-hybridized carbons (Fsp3) is 0.143. The van der Waals surface area contributed by atoms with Gasteiger partial charge in [-0.2, -0.15) is 5.10 Å². The second-order valence-electron chi connectivity index (χ2n) is 6.35. The van der Waals surface area contributed by atoms with E-state index in [0.717, 1.165) is 16.8 Å². The van der Waals surface area contributed by atoms with Crippen LogP contribution in [0.2, 0.25) is 0 Å². The molecule has 0 unspecified atom stereocenters. The Hall–Kier alpha value is -3.74. The molecule has 0 spiro atoms. The first kappa shape index (κ1) is 19.0. The van der Waals surface area contributed by atoms with Crippen LogP contribution in [0.1, 0.15) is 11.1 Å². The van der Waals surface area contributed by atoms with Gasteiger partial charge < -0.3 is 10.2 Å². The average molecular weight is 375 g/mol. The summed E-state index contributed by atoms with van der Waals surface area (Å²) in [5.41, 5.74) is 2.72. The lowest BCUT2D eigenvalue weighted by Crippen LogP contribution is -2.34. The number of rotatable bonds is 6. The van der Waals surface area contributed by atoms with E-state index in [1.165, 1.54) is 11.0 Å². The first-order valence-electron chi connectivity index (χ1n) is 8.77. The third-order valence-corrected chi connectivity index (χ3v) is 3.98. The molecule has 0 bridgehead atoms. The minimum absolute atomic E-state index is 0.0674. The van der Waals surface area contributed by atoms with Gasteiger partial charge in [-0.15, -0.1) is 0 Å². The van der Waals surface area contributed by atoms with Gasteiger partial charge in [-0.1, -0.05) is 18.2 Å². The van der Waals surface area contributed by atoms with Crippen molar-refractivity contribution in [3.63, 3.8) is 0 Å². The number of nitrogens with zero attached hydrogens (tertiary/aromatic N) is 4. The van der Waals surface area contributed by atoms with E-state index >= 15 is 0 Å². The van der Waals surface area contributed by atoms with Gasteiger partial charge >= 0.3 is 0 Å². The number of hydrogen-bond acceptors (Lipinski definition) is 4. The Morgan fingerprint density at radius 3 is 2.75 bits per heavy atom. The number of likely N-dealkylation sites (N-methyl/N-ethyl adjacent to an activating group) is 1. The molecule has 0 saturated carbocycles. The van der Waals surface area contributed by atoms with Crippen molar-refractivity contribution in [2.24, 2.45) is 0 Å². The van der Waals surface area contributed by atoms with Crippen LogP contribution in [0.5, 0.6) is 0 Å². The molecule has 0 atom stereocenters. The van der Waals surface area contributed by atoms with Gasteiger partial charge in [-0.25, -0.2) is 9.67 Å². The van der Waals surface area contributed by atoms with Crippen molar-refractivity contribution in [2.45, 2.75) is 6.92 Å². The summed E-state index contributed by atoms with van der Waals surface area (Å²) in [5.74, 6) is -0.117. The number of anilines is 1. The SMILES string of the molecule is Cc1ccnc(NC(=O)CN(C)C(=O)/C=C/c2cnn(-c3ccccc3)c2)c1. The summed E-state index contributed by atoms with van der Waals surface area (Å²) >= 11 is 0. The highest BCUT2D eigenvalue weighted by atomic mass is 16.2. The lowest BCUT2D eigenvalue weighted by Gasteiger charge is -2.14. The molecule has 0 fully saturated rings. The first-order valence-corrected chi connectivity index (χ1v) is 8.77. The molecule has 0 radical (unpaired) electrons. The number of hydrogen-bond donors (Lipinski definition) is 1. The summed E-state index contributed by atoms with van der Waals surface area (Å²) < 4.78 is 1.73. The molecule has 3 rings (SSSR count). The van der Waals surface area contributed by atoms with Crippen molar-refractivity contribution in [1.82, 2.24) is 19.7 Å². The highest BCUT2D eigenvalue weighted by Crippen LogP contribution is 2.09. The quantitative estimate of drug-likeness (QED) is 0.672. The Morgan fingerprint density at radius 1 is 1.21 bits per heavy atom.